The maximum atomic E-state index is 12.6. The molecule has 25 heavy (non-hydrogen) atoms. The first-order chi connectivity index (χ1) is 12.0. The highest BCUT2D eigenvalue weighted by Gasteiger charge is 2.41. The molecule has 1 amide bonds. The van der Waals surface area contributed by atoms with Crippen LogP contribution in [0.2, 0.25) is 10.0 Å². The zero-order chi connectivity index (χ0) is 18.0. The van der Waals surface area contributed by atoms with Crippen LogP contribution in [0.1, 0.15) is 29.7 Å². The Morgan fingerprint density at radius 2 is 1.52 bits per heavy atom. The van der Waals surface area contributed by atoms with Crippen LogP contribution < -0.4 is 0 Å². The summed E-state index contributed by atoms with van der Waals surface area (Å²) in [4.78, 5) is 14.3. The van der Waals surface area contributed by atoms with E-state index in [9.17, 15) is 9.90 Å². The molecule has 0 saturated carbocycles. The van der Waals surface area contributed by atoms with Gasteiger partial charge < -0.3 is 14.7 Å². The minimum Gasteiger partial charge on any atom is -0.396 e. The van der Waals surface area contributed by atoms with Crippen LogP contribution in [0.15, 0.2) is 48.5 Å². The van der Waals surface area contributed by atoms with Crippen LogP contribution >= 0.6 is 23.2 Å². The molecule has 2 aromatic rings. The zero-order valence-electron chi connectivity index (χ0n) is 13.7. The summed E-state index contributed by atoms with van der Waals surface area (Å²) < 4.78 is 6.11. The third-order valence-corrected chi connectivity index (χ3v) is 4.94. The molecular formula is C19H19Cl2NO3. The van der Waals surface area contributed by atoms with E-state index in [0.717, 1.165) is 11.1 Å². The Labute approximate surface area is 156 Å². The number of carbonyl (C=O) groups excluding carboxylic acids is 1. The molecule has 0 unspecified atom stereocenters. The normalized spacial score (nSPS) is 23.8. The first-order valence-electron chi connectivity index (χ1n) is 8.05. The van der Waals surface area contributed by atoms with E-state index in [1.807, 2.05) is 24.3 Å². The average molecular weight is 380 g/mol. The van der Waals surface area contributed by atoms with Gasteiger partial charge >= 0.3 is 0 Å². The summed E-state index contributed by atoms with van der Waals surface area (Å²) >= 11 is 12.0. The predicted octanol–water partition coefficient (Wildman–Crippen LogP) is 4.02. The van der Waals surface area contributed by atoms with Gasteiger partial charge in [0.2, 0.25) is 0 Å². The van der Waals surface area contributed by atoms with Crippen LogP contribution in [0.5, 0.6) is 0 Å². The van der Waals surface area contributed by atoms with Gasteiger partial charge in [0.25, 0.3) is 5.91 Å². The average Bonchev–Trinajstić information content (AvgIpc) is 2.61. The summed E-state index contributed by atoms with van der Waals surface area (Å²) in [7, 11) is 1.76. The monoisotopic (exact) mass is 379 g/mol. The lowest BCUT2D eigenvalue weighted by Gasteiger charge is -2.43. The fourth-order valence-corrected chi connectivity index (χ4v) is 3.41. The summed E-state index contributed by atoms with van der Waals surface area (Å²) in [5.41, 5.74) is 1.86. The molecule has 0 aromatic heterocycles. The van der Waals surface area contributed by atoms with Gasteiger partial charge in [-0.25, -0.2) is 0 Å². The van der Waals surface area contributed by atoms with Crippen LogP contribution in [0.25, 0.3) is 0 Å². The van der Waals surface area contributed by atoms with Gasteiger partial charge in [0.1, 0.15) is 12.2 Å². The van der Waals surface area contributed by atoms with E-state index in [0.29, 0.717) is 10.0 Å². The van der Waals surface area contributed by atoms with Crippen molar-refractivity contribution in [3.05, 3.63) is 69.7 Å². The number of amides is 1. The van der Waals surface area contributed by atoms with Gasteiger partial charge in [-0.1, -0.05) is 47.5 Å². The second-order valence-electron chi connectivity index (χ2n) is 6.05. The number of ether oxygens (including phenoxy) is 1. The van der Waals surface area contributed by atoms with Crippen molar-refractivity contribution in [3.63, 3.8) is 0 Å². The van der Waals surface area contributed by atoms with Crippen molar-refractivity contribution in [1.29, 1.82) is 0 Å². The third-order valence-electron chi connectivity index (χ3n) is 4.44. The van der Waals surface area contributed by atoms with E-state index < -0.39 is 6.10 Å². The zero-order valence-corrected chi connectivity index (χ0v) is 15.2. The lowest BCUT2D eigenvalue weighted by molar-refractivity contribution is -0.173. The summed E-state index contributed by atoms with van der Waals surface area (Å²) in [6.07, 6.45) is -0.766. The number of halogens is 2. The molecule has 1 heterocycles. The highest BCUT2D eigenvalue weighted by Crippen LogP contribution is 2.42. The minimum atomic E-state index is -0.667. The molecule has 3 atom stereocenters. The van der Waals surface area contributed by atoms with E-state index in [1.54, 1.807) is 36.2 Å². The highest BCUT2D eigenvalue weighted by molar-refractivity contribution is 6.30. The third kappa shape index (κ3) is 3.82. The molecule has 1 N–H and O–H groups in total. The van der Waals surface area contributed by atoms with Crippen LogP contribution in [0.3, 0.4) is 0 Å². The van der Waals surface area contributed by atoms with Crippen molar-refractivity contribution in [2.24, 2.45) is 0 Å². The van der Waals surface area contributed by atoms with Crippen molar-refractivity contribution in [1.82, 2.24) is 4.90 Å². The van der Waals surface area contributed by atoms with Gasteiger partial charge in [0, 0.05) is 30.1 Å². The number of aliphatic hydroxyl groups excluding tert-OH is 1. The predicted molar refractivity (Wildman–Crippen MR) is 97.7 cm³/mol. The maximum absolute atomic E-state index is 12.6. The molecule has 1 aliphatic rings. The molecule has 0 radical (unpaired) electrons. The number of nitrogens with zero attached hydrogens (tertiary/aromatic N) is 1. The van der Waals surface area contributed by atoms with Gasteiger partial charge in [0.05, 0.1) is 6.04 Å². The standard InChI is InChI=1S/C19H19Cl2NO3/c1-22-17(12-2-6-14(20)7-3-12)18(13-4-8-15(21)9-5-13)25-16(10-11-23)19(22)24/h2-9,16-18,23H,10-11H2,1H3/t16-,17+,18-/m0/s1. The molecule has 0 bridgehead atoms. The van der Waals surface area contributed by atoms with E-state index in [2.05, 4.69) is 0 Å². The first kappa shape index (κ1) is 18.2. The smallest absolute Gasteiger partial charge is 0.252 e. The van der Waals surface area contributed by atoms with E-state index in [4.69, 9.17) is 27.9 Å². The fourth-order valence-electron chi connectivity index (χ4n) is 3.16. The highest BCUT2D eigenvalue weighted by atomic mass is 35.5. The number of aliphatic hydroxyl groups is 1. The molecular weight excluding hydrogens is 361 g/mol. The number of likely N-dealkylation sites (N-methyl/N-ethyl adjacent to an activating group) is 1. The Morgan fingerprint density at radius 3 is 2.04 bits per heavy atom. The van der Waals surface area contributed by atoms with E-state index in [1.165, 1.54) is 0 Å². The SMILES string of the molecule is CN1C(=O)[C@H](CCO)O[C@@H](c2ccc(Cl)cc2)[C@H]1c1ccc(Cl)cc1. The molecule has 132 valence electrons. The molecule has 1 saturated heterocycles. The Bertz CT molecular complexity index is 733. The topological polar surface area (TPSA) is 49.8 Å². The molecule has 6 heteroatoms. The molecule has 3 rings (SSSR count). The molecule has 2 aromatic carbocycles. The summed E-state index contributed by atoms with van der Waals surface area (Å²) in [5.74, 6) is -0.140. The number of morpholine rings is 1. The van der Waals surface area contributed by atoms with Gasteiger partial charge in [-0.05, 0) is 35.4 Å². The summed E-state index contributed by atoms with van der Waals surface area (Å²) in [6.45, 7) is -0.108. The van der Waals surface area contributed by atoms with Crippen molar-refractivity contribution in [3.8, 4) is 0 Å². The lowest BCUT2D eigenvalue weighted by Crippen LogP contribution is -2.49. The second kappa shape index (κ2) is 7.75. The Morgan fingerprint density at radius 1 is 1.00 bits per heavy atom. The molecule has 0 aliphatic carbocycles. The molecule has 1 fully saturated rings. The largest absolute Gasteiger partial charge is 0.396 e. The second-order valence-corrected chi connectivity index (χ2v) is 6.93. The Kier molecular flexibility index (Phi) is 5.64. The number of hydrogen-bond acceptors (Lipinski definition) is 3. The van der Waals surface area contributed by atoms with E-state index >= 15 is 0 Å². The Hall–Kier alpha value is -1.59. The van der Waals surface area contributed by atoms with Crippen molar-refractivity contribution >= 4 is 29.1 Å². The summed E-state index contributed by atoms with van der Waals surface area (Å²) in [6, 6.07) is 14.5. The van der Waals surface area contributed by atoms with Gasteiger partial charge in [0.15, 0.2) is 0 Å². The van der Waals surface area contributed by atoms with Crippen LogP contribution in [-0.2, 0) is 9.53 Å². The minimum absolute atomic E-state index is 0.108. The maximum Gasteiger partial charge on any atom is 0.252 e. The molecule has 4 nitrogen and oxygen atoms in total. The van der Waals surface area contributed by atoms with Crippen LogP contribution in [-0.4, -0.2) is 35.7 Å². The van der Waals surface area contributed by atoms with Gasteiger partial charge in [-0.15, -0.1) is 0 Å². The summed E-state index contributed by atoms with van der Waals surface area (Å²) in [5, 5.41) is 10.5. The van der Waals surface area contributed by atoms with Gasteiger partial charge in [-0.3, -0.25) is 4.79 Å². The molecule has 0 spiro atoms. The van der Waals surface area contributed by atoms with Crippen LogP contribution in [0, 0.1) is 0 Å². The van der Waals surface area contributed by atoms with Crippen molar-refractivity contribution in [2.45, 2.75) is 24.7 Å². The Balaban J connectivity index is 2.02. The number of hydrogen-bond donors (Lipinski definition) is 1. The van der Waals surface area contributed by atoms with Gasteiger partial charge in [-0.2, -0.15) is 0 Å². The van der Waals surface area contributed by atoms with Crippen LogP contribution in [0.4, 0.5) is 0 Å². The fraction of sp³-hybridized carbons (Fsp3) is 0.316. The first-order valence-corrected chi connectivity index (χ1v) is 8.81. The number of carbonyl (C=O) groups is 1. The number of benzene rings is 2. The lowest BCUT2D eigenvalue weighted by atomic mass is 9.92. The van der Waals surface area contributed by atoms with Crippen molar-refractivity contribution < 1.29 is 14.6 Å². The molecule has 1 aliphatic heterocycles. The van der Waals surface area contributed by atoms with Crippen molar-refractivity contribution in [2.75, 3.05) is 13.7 Å². The quantitative estimate of drug-likeness (QED) is 0.872. The number of rotatable bonds is 4. The van der Waals surface area contributed by atoms with E-state index in [-0.39, 0.29) is 31.1 Å².